The fourth-order valence-corrected chi connectivity index (χ4v) is 3.09. The minimum absolute atomic E-state index is 0.551. The molecule has 1 aromatic rings. The Kier molecular flexibility index (Phi) is 6.05. The first-order chi connectivity index (χ1) is 9.76. The maximum atomic E-state index is 4.77. The number of rotatable bonds is 8. The third kappa shape index (κ3) is 4.06. The second-order valence-electron chi connectivity index (χ2n) is 5.88. The van der Waals surface area contributed by atoms with Crippen molar-refractivity contribution in [2.75, 3.05) is 19.6 Å². The Balaban J connectivity index is 1.90. The summed E-state index contributed by atoms with van der Waals surface area (Å²) in [5.41, 5.74) is 1.21. The molecule has 0 radical (unpaired) electrons. The van der Waals surface area contributed by atoms with Gasteiger partial charge < -0.3 is 5.32 Å². The van der Waals surface area contributed by atoms with Gasteiger partial charge in [-0.25, -0.2) is 0 Å². The molecule has 0 amide bonds. The number of hydrogen-bond acceptors (Lipinski definition) is 3. The molecule has 1 N–H and O–H groups in total. The number of aromatic nitrogens is 2. The Morgan fingerprint density at radius 1 is 1.40 bits per heavy atom. The van der Waals surface area contributed by atoms with Crippen LogP contribution in [0.2, 0.25) is 0 Å². The summed E-state index contributed by atoms with van der Waals surface area (Å²) in [6.45, 7) is 11.1. The Morgan fingerprint density at radius 2 is 2.20 bits per heavy atom. The van der Waals surface area contributed by atoms with Gasteiger partial charge in [0.2, 0.25) is 0 Å². The molecule has 2 heterocycles. The molecule has 0 aliphatic carbocycles. The monoisotopic (exact) mass is 278 g/mol. The average Bonchev–Trinajstić information content (AvgIpc) is 3.12. The van der Waals surface area contributed by atoms with Gasteiger partial charge in [-0.3, -0.25) is 9.58 Å². The molecule has 20 heavy (non-hydrogen) atoms. The van der Waals surface area contributed by atoms with E-state index >= 15 is 0 Å². The van der Waals surface area contributed by atoms with Crippen LogP contribution in [0.5, 0.6) is 0 Å². The predicted molar refractivity (Wildman–Crippen MR) is 83.8 cm³/mol. The third-order valence-corrected chi connectivity index (χ3v) is 4.45. The highest BCUT2D eigenvalue weighted by Crippen LogP contribution is 2.15. The van der Waals surface area contributed by atoms with Crippen LogP contribution in [0.3, 0.4) is 0 Å². The normalized spacial score (nSPS) is 19.4. The molecular weight excluding hydrogens is 248 g/mol. The molecule has 1 aliphatic rings. The van der Waals surface area contributed by atoms with Crippen molar-refractivity contribution in [3.63, 3.8) is 0 Å². The van der Waals surface area contributed by atoms with Crippen molar-refractivity contribution in [1.82, 2.24) is 20.0 Å². The molecule has 1 aromatic heterocycles. The van der Waals surface area contributed by atoms with Crippen molar-refractivity contribution in [3.8, 4) is 0 Å². The summed E-state index contributed by atoms with van der Waals surface area (Å²) in [5.74, 6) is 0. The van der Waals surface area contributed by atoms with Crippen molar-refractivity contribution in [3.05, 3.63) is 18.0 Å². The molecule has 1 atom stereocenters. The van der Waals surface area contributed by atoms with Gasteiger partial charge in [0.25, 0.3) is 0 Å². The Morgan fingerprint density at radius 3 is 2.80 bits per heavy atom. The molecule has 1 fully saturated rings. The SMILES string of the molecule is CCC(CC)n1ccc(CN(CC)CC2CCCN2)n1. The van der Waals surface area contributed by atoms with E-state index in [1.54, 1.807) is 0 Å². The van der Waals surface area contributed by atoms with Gasteiger partial charge in [0, 0.05) is 25.3 Å². The fraction of sp³-hybridized carbons (Fsp3) is 0.812. The highest BCUT2D eigenvalue weighted by Gasteiger charge is 2.18. The molecular formula is C16H30N4. The van der Waals surface area contributed by atoms with Gasteiger partial charge in [0.15, 0.2) is 0 Å². The lowest BCUT2D eigenvalue weighted by Gasteiger charge is -2.23. The van der Waals surface area contributed by atoms with Crippen LogP contribution in [0.4, 0.5) is 0 Å². The number of hydrogen-bond donors (Lipinski definition) is 1. The first-order valence-corrected chi connectivity index (χ1v) is 8.26. The molecule has 1 unspecified atom stereocenters. The molecule has 0 bridgehead atoms. The number of likely N-dealkylation sites (N-methyl/N-ethyl adjacent to an activating group) is 1. The molecule has 1 aliphatic heterocycles. The van der Waals surface area contributed by atoms with Gasteiger partial charge in [-0.05, 0) is 44.8 Å². The Hall–Kier alpha value is -0.870. The largest absolute Gasteiger partial charge is 0.313 e. The van der Waals surface area contributed by atoms with E-state index in [0.717, 1.165) is 32.5 Å². The second kappa shape index (κ2) is 7.79. The van der Waals surface area contributed by atoms with Gasteiger partial charge in [-0.1, -0.05) is 20.8 Å². The van der Waals surface area contributed by atoms with Crippen molar-refractivity contribution in [1.29, 1.82) is 0 Å². The van der Waals surface area contributed by atoms with E-state index in [0.29, 0.717) is 12.1 Å². The number of nitrogens with zero attached hydrogens (tertiary/aromatic N) is 3. The van der Waals surface area contributed by atoms with E-state index in [-0.39, 0.29) is 0 Å². The molecule has 0 spiro atoms. The number of nitrogens with one attached hydrogen (secondary N) is 1. The highest BCUT2D eigenvalue weighted by atomic mass is 15.3. The second-order valence-corrected chi connectivity index (χ2v) is 5.88. The van der Waals surface area contributed by atoms with Crippen molar-refractivity contribution in [2.24, 2.45) is 0 Å². The molecule has 114 valence electrons. The average molecular weight is 278 g/mol. The van der Waals surface area contributed by atoms with Crippen LogP contribution in [-0.4, -0.2) is 40.4 Å². The van der Waals surface area contributed by atoms with E-state index in [9.17, 15) is 0 Å². The summed E-state index contributed by atoms with van der Waals surface area (Å²) >= 11 is 0. The first kappa shape index (κ1) is 15.5. The molecule has 0 saturated carbocycles. The zero-order valence-corrected chi connectivity index (χ0v) is 13.3. The van der Waals surface area contributed by atoms with Crippen LogP contribution in [-0.2, 0) is 6.54 Å². The lowest BCUT2D eigenvalue weighted by Crippen LogP contribution is -2.37. The van der Waals surface area contributed by atoms with Gasteiger partial charge in [0.1, 0.15) is 0 Å². The maximum Gasteiger partial charge on any atom is 0.0764 e. The van der Waals surface area contributed by atoms with E-state index in [1.807, 2.05) is 0 Å². The van der Waals surface area contributed by atoms with Crippen molar-refractivity contribution < 1.29 is 0 Å². The predicted octanol–water partition coefficient (Wildman–Crippen LogP) is 2.82. The van der Waals surface area contributed by atoms with E-state index in [4.69, 9.17) is 5.10 Å². The van der Waals surface area contributed by atoms with Gasteiger partial charge in [0.05, 0.1) is 11.7 Å². The van der Waals surface area contributed by atoms with Crippen molar-refractivity contribution >= 4 is 0 Å². The van der Waals surface area contributed by atoms with E-state index < -0.39 is 0 Å². The molecule has 4 nitrogen and oxygen atoms in total. The minimum Gasteiger partial charge on any atom is -0.313 e. The fourth-order valence-electron chi connectivity index (χ4n) is 3.09. The summed E-state index contributed by atoms with van der Waals surface area (Å²) in [6, 6.07) is 3.41. The summed E-state index contributed by atoms with van der Waals surface area (Å²) in [4.78, 5) is 2.50. The zero-order chi connectivity index (χ0) is 14.4. The Labute approximate surface area is 123 Å². The van der Waals surface area contributed by atoms with Crippen LogP contribution in [0.15, 0.2) is 12.3 Å². The Bertz CT molecular complexity index is 378. The van der Waals surface area contributed by atoms with Gasteiger partial charge in [-0.15, -0.1) is 0 Å². The van der Waals surface area contributed by atoms with Crippen LogP contribution in [0.25, 0.3) is 0 Å². The minimum atomic E-state index is 0.551. The summed E-state index contributed by atoms with van der Waals surface area (Å²) < 4.78 is 2.15. The highest BCUT2D eigenvalue weighted by molar-refractivity contribution is 5.00. The van der Waals surface area contributed by atoms with Crippen molar-refractivity contribution in [2.45, 2.75) is 65.1 Å². The molecule has 4 heteroatoms. The van der Waals surface area contributed by atoms with Crippen LogP contribution < -0.4 is 5.32 Å². The standard InChI is InChI=1S/C16H30N4/c1-4-16(5-2)20-11-9-15(18-20)13-19(6-3)12-14-8-7-10-17-14/h9,11,14,16-17H,4-8,10,12-13H2,1-3H3. The summed E-state index contributed by atoms with van der Waals surface area (Å²) in [6.07, 6.45) is 7.10. The smallest absolute Gasteiger partial charge is 0.0764 e. The van der Waals surface area contributed by atoms with Crippen LogP contribution >= 0.6 is 0 Å². The quantitative estimate of drug-likeness (QED) is 0.794. The first-order valence-electron chi connectivity index (χ1n) is 8.26. The van der Waals surface area contributed by atoms with Crippen LogP contribution in [0.1, 0.15) is 58.2 Å². The molecule has 2 rings (SSSR count). The summed E-state index contributed by atoms with van der Waals surface area (Å²) in [5, 5.41) is 8.35. The van der Waals surface area contributed by atoms with Gasteiger partial charge >= 0.3 is 0 Å². The topological polar surface area (TPSA) is 33.1 Å². The lowest BCUT2D eigenvalue weighted by atomic mass is 10.2. The summed E-state index contributed by atoms with van der Waals surface area (Å²) in [7, 11) is 0. The molecule has 1 saturated heterocycles. The maximum absolute atomic E-state index is 4.77. The van der Waals surface area contributed by atoms with Crippen LogP contribution in [0, 0.1) is 0 Å². The van der Waals surface area contributed by atoms with Gasteiger partial charge in [-0.2, -0.15) is 5.10 Å². The zero-order valence-electron chi connectivity index (χ0n) is 13.3. The lowest BCUT2D eigenvalue weighted by molar-refractivity contribution is 0.249. The molecule has 0 aromatic carbocycles. The van der Waals surface area contributed by atoms with E-state index in [2.05, 4.69) is 47.9 Å². The van der Waals surface area contributed by atoms with E-state index in [1.165, 1.54) is 25.1 Å². The third-order valence-electron chi connectivity index (χ3n) is 4.45.